The minimum atomic E-state index is 0.816. The summed E-state index contributed by atoms with van der Waals surface area (Å²) in [7, 11) is 2.21. The SMILES string of the molecule is CCCCC(CC)CN(C)CCCN. The van der Waals surface area contributed by atoms with Crippen molar-refractivity contribution in [2.45, 2.75) is 46.0 Å². The highest BCUT2D eigenvalue weighted by molar-refractivity contribution is 4.62. The minimum Gasteiger partial charge on any atom is -0.330 e. The van der Waals surface area contributed by atoms with Crippen LogP contribution in [0.5, 0.6) is 0 Å². The van der Waals surface area contributed by atoms with Crippen LogP contribution in [0, 0.1) is 5.92 Å². The van der Waals surface area contributed by atoms with Gasteiger partial charge in [0, 0.05) is 6.54 Å². The molecule has 0 aliphatic rings. The summed E-state index contributed by atoms with van der Waals surface area (Å²) >= 11 is 0. The molecule has 0 aromatic carbocycles. The summed E-state index contributed by atoms with van der Waals surface area (Å²) in [6.07, 6.45) is 6.53. The predicted octanol–water partition coefficient (Wildman–Crippen LogP) is 2.48. The van der Waals surface area contributed by atoms with Gasteiger partial charge in [-0.3, -0.25) is 0 Å². The van der Waals surface area contributed by atoms with Crippen molar-refractivity contribution in [3.8, 4) is 0 Å². The smallest absolute Gasteiger partial charge is 0.000651 e. The Morgan fingerprint density at radius 1 is 1.21 bits per heavy atom. The van der Waals surface area contributed by atoms with Crippen LogP contribution >= 0.6 is 0 Å². The Kier molecular flexibility index (Phi) is 9.42. The first-order valence-electron chi connectivity index (χ1n) is 6.13. The normalized spacial score (nSPS) is 13.5. The Morgan fingerprint density at radius 3 is 2.43 bits per heavy atom. The monoisotopic (exact) mass is 200 g/mol. The lowest BCUT2D eigenvalue weighted by Crippen LogP contribution is -2.27. The molecule has 0 saturated heterocycles. The molecule has 86 valence electrons. The summed E-state index contributed by atoms with van der Waals surface area (Å²) in [5.74, 6) is 0.887. The Balaban J connectivity index is 3.57. The Bertz CT molecular complexity index is 115. The van der Waals surface area contributed by atoms with Crippen LogP contribution in [-0.2, 0) is 0 Å². The quantitative estimate of drug-likeness (QED) is 0.619. The van der Waals surface area contributed by atoms with E-state index < -0.39 is 0 Å². The lowest BCUT2D eigenvalue weighted by molar-refractivity contribution is 0.258. The molecule has 0 aromatic rings. The van der Waals surface area contributed by atoms with Crippen LogP contribution in [0.3, 0.4) is 0 Å². The molecule has 2 nitrogen and oxygen atoms in total. The van der Waals surface area contributed by atoms with E-state index in [0.717, 1.165) is 25.4 Å². The van der Waals surface area contributed by atoms with Crippen LogP contribution in [0.4, 0.5) is 0 Å². The molecule has 0 aliphatic carbocycles. The van der Waals surface area contributed by atoms with E-state index in [9.17, 15) is 0 Å². The summed E-state index contributed by atoms with van der Waals surface area (Å²) in [6, 6.07) is 0. The molecule has 0 aromatic heterocycles. The molecule has 0 rings (SSSR count). The van der Waals surface area contributed by atoms with Gasteiger partial charge in [-0.2, -0.15) is 0 Å². The molecule has 2 heteroatoms. The van der Waals surface area contributed by atoms with E-state index in [2.05, 4.69) is 25.8 Å². The fourth-order valence-electron chi connectivity index (χ4n) is 1.81. The number of hydrogen-bond donors (Lipinski definition) is 1. The van der Waals surface area contributed by atoms with E-state index >= 15 is 0 Å². The lowest BCUT2D eigenvalue weighted by Gasteiger charge is -2.22. The van der Waals surface area contributed by atoms with Gasteiger partial charge in [-0.1, -0.05) is 33.1 Å². The second-order valence-electron chi connectivity index (χ2n) is 4.32. The van der Waals surface area contributed by atoms with Crippen molar-refractivity contribution in [3.05, 3.63) is 0 Å². The molecule has 0 fully saturated rings. The molecule has 0 amide bonds. The number of rotatable bonds is 9. The first-order chi connectivity index (χ1) is 6.74. The molecule has 0 radical (unpaired) electrons. The third-order valence-electron chi connectivity index (χ3n) is 2.86. The van der Waals surface area contributed by atoms with E-state index in [4.69, 9.17) is 5.73 Å². The van der Waals surface area contributed by atoms with E-state index in [0.29, 0.717) is 0 Å². The zero-order valence-corrected chi connectivity index (χ0v) is 10.3. The van der Waals surface area contributed by atoms with Crippen LogP contribution < -0.4 is 5.73 Å². The van der Waals surface area contributed by atoms with Crippen LogP contribution in [0.25, 0.3) is 0 Å². The first-order valence-corrected chi connectivity index (χ1v) is 6.13. The molecular weight excluding hydrogens is 172 g/mol. The van der Waals surface area contributed by atoms with Gasteiger partial charge in [0.05, 0.1) is 0 Å². The van der Waals surface area contributed by atoms with E-state index in [1.54, 1.807) is 0 Å². The van der Waals surface area contributed by atoms with Crippen molar-refractivity contribution in [2.24, 2.45) is 11.7 Å². The molecule has 0 heterocycles. The average molecular weight is 200 g/mol. The maximum Gasteiger partial charge on any atom is 0.000651 e. The molecule has 0 bridgehead atoms. The van der Waals surface area contributed by atoms with Crippen molar-refractivity contribution in [3.63, 3.8) is 0 Å². The van der Waals surface area contributed by atoms with Gasteiger partial charge in [0.2, 0.25) is 0 Å². The molecule has 14 heavy (non-hydrogen) atoms. The summed E-state index contributed by atoms with van der Waals surface area (Å²) < 4.78 is 0. The van der Waals surface area contributed by atoms with Gasteiger partial charge in [0.15, 0.2) is 0 Å². The highest BCUT2D eigenvalue weighted by Crippen LogP contribution is 2.13. The highest BCUT2D eigenvalue weighted by atomic mass is 15.1. The standard InChI is InChI=1S/C12H28N2/c1-4-6-8-12(5-2)11-14(3)10-7-9-13/h12H,4-11,13H2,1-3H3. The largest absolute Gasteiger partial charge is 0.330 e. The van der Waals surface area contributed by atoms with Gasteiger partial charge >= 0.3 is 0 Å². The molecular formula is C12H28N2. The van der Waals surface area contributed by atoms with Crippen molar-refractivity contribution in [2.75, 3.05) is 26.7 Å². The van der Waals surface area contributed by atoms with Crippen molar-refractivity contribution < 1.29 is 0 Å². The van der Waals surface area contributed by atoms with E-state index in [1.807, 2.05) is 0 Å². The van der Waals surface area contributed by atoms with Gasteiger partial charge in [-0.05, 0) is 38.9 Å². The molecule has 1 atom stereocenters. The fourth-order valence-corrected chi connectivity index (χ4v) is 1.81. The van der Waals surface area contributed by atoms with Crippen LogP contribution in [0.15, 0.2) is 0 Å². The number of nitrogens with zero attached hydrogens (tertiary/aromatic N) is 1. The zero-order valence-electron chi connectivity index (χ0n) is 10.3. The Labute approximate surface area is 89.9 Å². The highest BCUT2D eigenvalue weighted by Gasteiger charge is 2.08. The number of nitrogens with two attached hydrogens (primary N) is 1. The lowest BCUT2D eigenvalue weighted by atomic mass is 9.99. The van der Waals surface area contributed by atoms with Crippen LogP contribution in [-0.4, -0.2) is 31.6 Å². The van der Waals surface area contributed by atoms with Gasteiger partial charge in [0.25, 0.3) is 0 Å². The Hall–Kier alpha value is -0.0800. The first kappa shape index (κ1) is 13.9. The minimum absolute atomic E-state index is 0.816. The van der Waals surface area contributed by atoms with Gasteiger partial charge < -0.3 is 10.6 Å². The summed E-state index contributed by atoms with van der Waals surface area (Å²) in [6.45, 7) is 7.79. The van der Waals surface area contributed by atoms with Gasteiger partial charge in [0.1, 0.15) is 0 Å². The predicted molar refractivity (Wildman–Crippen MR) is 64.5 cm³/mol. The maximum absolute atomic E-state index is 5.49. The second kappa shape index (κ2) is 9.47. The van der Waals surface area contributed by atoms with Gasteiger partial charge in [-0.15, -0.1) is 0 Å². The molecule has 0 aliphatic heterocycles. The third kappa shape index (κ3) is 7.34. The number of unbranched alkanes of at least 4 members (excludes halogenated alkanes) is 1. The fraction of sp³-hybridized carbons (Fsp3) is 1.00. The summed E-state index contributed by atoms with van der Waals surface area (Å²) in [5.41, 5.74) is 5.49. The van der Waals surface area contributed by atoms with Crippen molar-refractivity contribution in [1.82, 2.24) is 4.90 Å². The van der Waals surface area contributed by atoms with E-state index in [1.165, 1.54) is 32.2 Å². The molecule has 1 unspecified atom stereocenters. The zero-order chi connectivity index (χ0) is 10.8. The van der Waals surface area contributed by atoms with Crippen LogP contribution in [0.1, 0.15) is 46.0 Å². The van der Waals surface area contributed by atoms with Crippen LogP contribution in [0.2, 0.25) is 0 Å². The molecule has 0 spiro atoms. The van der Waals surface area contributed by atoms with Gasteiger partial charge in [-0.25, -0.2) is 0 Å². The third-order valence-corrected chi connectivity index (χ3v) is 2.86. The van der Waals surface area contributed by atoms with Crippen molar-refractivity contribution in [1.29, 1.82) is 0 Å². The second-order valence-corrected chi connectivity index (χ2v) is 4.32. The Morgan fingerprint density at radius 2 is 1.93 bits per heavy atom. The van der Waals surface area contributed by atoms with E-state index in [-0.39, 0.29) is 0 Å². The molecule has 0 saturated carbocycles. The summed E-state index contributed by atoms with van der Waals surface area (Å²) in [5, 5.41) is 0. The topological polar surface area (TPSA) is 29.3 Å². The van der Waals surface area contributed by atoms with Crippen molar-refractivity contribution >= 4 is 0 Å². The number of hydrogen-bond acceptors (Lipinski definition) is 2. The molecule has 2 N–H and O–H groups in total. The maximum atomic E-state index is 5.49. The average Bonchev–Trinajstić information content (AvgIpc) is 2.21. The summed E-state index contributed by atoms with van der Waals surface area (Å²) in [4.78, 5) is 2.43.